The van der Waals surface area contributed by atoms with Gasteiger partial charge in [-0.1, -0.05) is 0 Å². The lowest BCUT2D eigenvalue weighted by Gasteiger charge is -2.48. The molecule has 25 heavy (non-hydrogen) atoms. The summed E-state index contributed by atoms with van der Waals surface area (Å²) in [5, 5.41) is 8.88. The first kappa shape index (κ1) is 17.7. The number of fused-ring (bicyclic) bond motifs is 1. The zero-order chi connectivity index (χ0) is 18.0. The maximum Gasteiger partial charge on any atom is 0.266 e. The van der Waals surface area contributed by atoms with E-state index in [0.29, 0.717) is 24.5 Å². The standard InChI is InChI=1S/C19H25N3O3/c1-19(2,25-15-6-4-14(12-20)5-7-15)18(23)22-10-11-24-17-8-9-21(3)13-16(17)22/h4-7,16-17H,8-11,13H2,1-3H3. The summed E-state index contributed by atoms with van der Waals surface area (Å²) >= 11 is 0. The maximum absolute atomic E-state index is 13.2. The van der Waals surface area contributed by atoms with Crippen molar-refractivity contribution in [2.75, 3.05) is 33.3 Å². The number of nitrogens with zero attached hydrogens (tertiary/aromatic N) is 3. The molecule has 1 aromatic carbocycles. The van der Waals surface area contributed by atoms with Crippen LogP contribution in [0.1, 0.15) is 25.8 Å². The van der Waals surface area contributed by atoms with Crippen LogP contribution < -0.4 is 4.74 Å². The number of benzene rings is 1. The summed E-state index contributed by atoms with van der Waals surface area (Å²) in [5.41, 5.74) is -0.413. The number of hydrogen-bond donors (Lipinski definition) is 0. The molecule has 2 aliphatic heterocycles. The van der Waals surface area contributed by atoms with E-state index >= 15 is 0 Å². The first-order valence-corrected chi connectivity index (χ1v) is 8.71. The lowest BCUT2D eigenvalue weighted by atomic mass is 9.96. The van der Waals surface area contributed by atoms with Gasteiger partial charge in [0.2, 0.25) is 0 Å². The maximum atomic E-state index is 13.2. The van der Waals surface area contributed by atoms with Gasteiger partial charge in [0.15, 0.2) is 5.60 Å². The predicted octanol–water partition coefficient (Wildman–Crippen LogP) is 1.65. The second-order valence-electron chi connectivity index (χ2n) is 7.27. The molecule has 2 fully saturated rings. The number of carbonyl (C=O) groups is 1. The average molecular weight is 343 g/mol. The summed E-state index contributed by atoms with van der Waals surface area (Å²) in [6.45, 7) is 6.57. The molecule has 6 heteroatoms. The number of rotatable bonds is 3. The van der Waals surface area contributed by atoms with Gasteiger partial charge in [-0.05, 0) is 51.6 Å². The number of ether oxygens (including phenoxy) is 2. The molecule has 2 unspecified atom stereocenters. The van der Waals surface area contributed by atoms with Crippen LogP contribution in [0.25, 0.3) is 0 Å². The van der Waals surface area contributed by atoms with Crippen molar-refractivity contribution in [1.29, 1.82) is 5.26 Å². The van der Waals surface area contributed by atoms with E-state index < -0.39 is 5.60 Å². The Labute approximate surface area is 148 Å². The fraction of sp³-hybridized carbons (Fsp3) is 0.579. The van der Waals surface area contributed by atoms with Gasteiger partial charge in [0.1, 0.15) is 5.75 Å². The lowest BCUT2D eigenvalue weighted by Crippen LogP contribution is -2.64. The fourth-order valence-corrected chi connectivity index (χ4v) is 3.56. The highest BCUT2D eigenvalue weighted by Crippen LogP contribution is 2.27. The minimum absolute atomic E-state index is 0.0227. The van der Waals surface area contributed by atoms with Gasteiger partial charge in [0.25, 0.3) is 5.91 Å². The SMILES string of the molecule is CN1CCC2OCCN(C(=O)C(C)(C)Oc3ccc(C#N)cc3)C2C1. The normalized spacial score (nSPS) is 24.3. The van der Waals surface area contributed by atoms with Crippen LogP contribution in [0.15, 0.2) is 24.3 Å². The monoisotopic (exact) mass is 343 g/mol. The largest absolute Gasteiger partial charge is 0.478 e. The van der Waals surface area contributed by atoms with Crippen LogP contribution >= 0.6 is 0 Å². The van der Waals surface area contributed by atoms with E-state index in [1.54, 1.807) is 38.1 Å². The van der Waals surface area contributed by atoms with E-state index in [1.165, 1.54) is 0 Å². The molecule has 0 N–H and O–H groups in total. The van der Waals surface area contributed by atoms with Gasteiger partial charge in [0, 0.05) is 19.6 Å². The summed E-state index contributed by atoms with van der Waals surface area (Å²) in [6.07, 6.45) is 1.06. The van der Waals surface area contributed by atoms with Crippen molar-refractivity contribution >= 4 is 5.91 Å². The van der Waals surface area contributed by atoms with Crippen LogP contribution in [0, 0.1) is 11.3 Å². The van der Waals surface area contributed by atoms with Crippen LogP contribution in [-0.2, 0) is 9.53 Å². The minimum atomic E-state index is -0.980. The number of nitriles is 1. The topological polar surface area (TPSA) is 65.8 Å². The predicted molar refractivity (Wildman–Crippen MR) is 93.2 cm³/mol. The van der Waals surface area contributed by atoms with Crippen molar-refractivity contribution < 1.29 is 14.3 Å². The van der Waals surface area contributed by atoms with Crippen molar-refractivity contribution in [3.8, 4) is 11.8 Å². The van der Waals surface area contributed by atoms with E-state index in [1.807, 2.05) is 4.90 Å². The zero-order valence-corrected chi connectivity index (χ0v) is 15.1. The number of likely N-dealkylation sites (tertiary alicyclic amines) is 1. The number of likely N-dealkylation sites (N-methyl/N-ethyl adjacent to an activating group) is 1. The third kappa shape index (κ3) is 3.78. The van der Waals surface area contributed by atoms with Crippen molar-refractivity contribution in [2.45, 2.75) is 38.0 Å². The molecular weight excluding hydrogens is 318 g/mol. The molecule has 2 saturated heterocycles. The Kier molecular flexibility index (Phi) is 4.98. The third-order valence-electron chi connectivity index (χ3n) is 4.92. The van der Waals surface area contributed by atoms with Crippen molar-refractivity contribution in [3.05, 3.63) is 29.8 Å². The molecule has 0 aliphatic carbocycles. The molecular formula is C19H25N3O3. The second kappa shape index (κ2) is 7.03. The van der Waals surface area contributed by atoms with Crippen LogP contribution in [0.4, 0.5) is 0 Å². The summed E-state index contributed by atoms with van der Waals surface area (Å²) < 4.78 is 11.8. The molecule has 6 nitrogen and oxygen atoms in total. The van der Waals surface area contributed by atoms with Gasteiger partial charge in [-0.15, -0.1) is 0 Å². The van der Waals surface area contributed by atoms with Gasteiger partial charge in [-0.3, -0.25) is 4.79 Å². The Hall–Kier alpha value is -2.10. The highest BCUT2D eigenvalue weighted by molar-refractivity contribution is 5.85. The van der Waals surface area contributed by atoms with Crippen molar-refractivity contribution in [3.63, 3.8) is 0 Å². The first-order valence-electron chi connectivity index (χ1n) is 8.71. The van der Waals surface area contributed by atoms with Crippen LogP contribution in [0.2, 0.25) is 0 Å². The zero-order valence-electron chi connectivity index (χ0n) is 15.1. The Morgan fingerprint density at radius 3 is 2.72 bits per heavy atom. The molecule has 2 heterocycles. The summed E-state index contributed by atoms with van der Waals surface area (Å²) in [7, 11) is 2.08. The van der Waals surface area contributed by atoms with Crippen LogP contribution in [0.5, 0.6) is 5.75 Å². The Morgan fingerprint density at radius 1 is 1.32 bits per heavy atom. The molecule has 0 bridgehead atoms. The smallest absolute Gasteiger partial charge is 0.266 e. The first-order chi connectivity index (χ1) is 11.9. The summed E-state index contributed by atoms with van der Waals surface area (Å²) in [4.78, 5) is 17.3. The number of morpholine rings is 1. The van der Waals surface area contributed by atoms with Crippen LogP contribution in [-0.4, -0.2) is 66.7 Å². The van der Waals surface area contributed by atoms with E-state index in [-0.39, 0.29) is 18.1 Å². The highest BCUT2D eigenvalue weighted by Gasteiger charge is 2.43. The van der Waals surface area contributed by atoms with E-state index in [9.17, 15) is 4.79 Å². The Balaban J connectivity index is 1.73. The molecule has 2 aliphatic rings. The van der Waals surface area contributed by atoms with E-state index in [0.717, 1.165) is 19.5 Å². The minimum Gasteiger partial charge on any atom is -0.478 e. The molecule has 1 aromatic rings. The number of amides is 1. The van der Waals surface area contributed by atoms with Gasteiger partial charge < -0.3 is 19.3 Å². The quantitative estimate of drug-likeness (QED) is 0.835. The lowest BCUT2D eigenvalue weighted by molar-refractivity contribution is -0.164. The van der Waals surface area contributed by atoms with Crippen molar-refractivity contribution in [1.82, 2.24) is 9.80 Å². The second-order valence-corrected chi connectivity index (χ2v) is 7.27. The molecule has 2 atom stereocenters. The summed E-state index contributed by atoms with van der Waals surface area (Å²) in [5.74, 6) is 0.563. The molecule has 3 rings (SSSR count). The van der Waals surface area contributed by atoms with Gasteiger partial charge in [0.05, 0.1) is 30.4 Å². The number of carbonyl (C=O) groups excluding carboxylic acids is 1. The van der Waals surface area contributed by atoms with E-state index in [2.05, 4.69) is 18.0 Å². The Bertz CT molecular complexity index is 665. The van der Waals surface area contributed by atoms with Gasteiger partial charge in [-0.2, -0.15) is 5.26 Å². The number of piperidine rings is 1. The molecule has 0 aromatic heterocycles. The number of hydrogen-bond acceptors (Lipinski definition) is 5. The van der Waals surface area contributed by atoms with Crippen molar-refractivity contribution in [2.24, 2.45) is 0 Å². The average Bonchev–Trinajstić information content (AvgIpc) is 2.61. The van der Waals surface area contributed by atoms with E-state index in [4.69, 9.17) is 14.7 Å². The van der Waals surface area contributed by atoms with Gasteiger partial charge in [-0.25, -0.2) is 0 Å². The fourth-order valence-electron chi connectivity index (χ4n) is 3.56. The molecule has 1 amide bonds. The van der Waals surface area contributed by atoms with Crippen LogP contribution in [0.3, 0.4) is 0 Å². The molecule has 0 radical (unpaired) electrons. The Morgan fingerprint density at radius 2 is 2.04 bits per heavy atom. The van der Waals surface area contributed by atoms with Gasteiger partial charge >= 0.3 is 0 Å². The molecule has 0 saturated carbocycles. The highest BCUT2D eigenvalue weighted by atomic mass is 16.5. The molecule has 0 spiro atoms. The molecule has 134 valence electrons. The summed E-state index contributed by atoms with van der Waals surface area (Å²) in [6, 6.07) is 8.99. The third-order valence-corrected chi connectivity index (χ3v) is 4.92.